The van der Waals surface area contributed by atoms with Crippen LogP contribution in [0.3, 0.4) is 0 Å². The summed E-state index contributed by atoms with van der Waals surface area (Å²) in [7, 11) is 0. The molecule has 0 radical (unpaired) electrons. The number of hydrogen-bond acceptors (Lipinski definition) is 1. The molecule has 1 heteroatoms. The third kappa shape index (κ3) is 2.17. The van der Waals surface area contributed by atoms with Crippen molar-refractivity contribution in [1.29, 1.82) is 0 Å². The zero-order valence-corrected chi connectivity index (χ0v) is 10.5. The number of allylic oxidation sites excluding steroid dienone is 3. The van der Waals surface area contributed by atoms with Crippen LogP contribution < -0.4 is 0 Å². The van der Waals surface area contributed by atoms with Crippen LogP contribution in [-0.4, -0.2) is 11.7 Å². The first-order valence-electron chi connectivity index (χ1n) is 5.80. The quantitative estimate of drug-likeness (QED) is 0.700. The van der Waals surface area contributed by atoms with Gasteiger partial charge in [0.15, 0.2) is 0 Å². The van der Waals surface area contributed by atoms with E-state index in [1.807, 2.05) is 0 Å². The minimum absolute atomic E-state index is 0.163. The normalized spacial score (nSPS) is 30.5. The SMILES string of the molecule is C=C(CC(C)CO)C1(C)CC=CC1(C)C. The van der Waals surface area contributed by atoms with E-state index in [-0.39, 0.29) is 17.4 Å². The molecule has 0 aromatic rings. The maximum absolute atomic E-state index is 9.08. The highest BCUT2D eigenvalue weighted by atomic mass is 16.3. The van der Waals surface area contributed by atoms with Crippen molar-refractivity contribution in [2.45, 2.75) is 40.5 Å². The van der Waals surface area contributed by atoms with Gasteiger partial charge in [0, 0.05) is 12.0 Å². The molecule has 0 heterocycles. The van der Waals surface area contributed by atoms with Gasteiger partial charge in [0.05, 0.1) is 0 Å². The fraction of sp³-hybridized carbons (Fsp3) is 0.714. The van der Waals surface area contributed by atoms with E-state index >= 15 is 0 Å². The maximum Gasteiger partial charge on any atom is 0.0459 e. The summed E-state index contributed by atoms with van der Waals surface area (Å²) in [6.45, 7) is 13.4. The third-order valence-electron chi connectivity index (χ3n) is 4.17. The molecule has 1 N–H and O–H groups in total. The van der Waals surface area contributed by atoms with Crippen LogP contribution in [0.1, 0.15) is 40.5 Å². The van der Waals surface area contributed by atoms with Crippen molar-refractivity contribution in [2.24, 2.45) is 16.7 Å². The van der Waals surface area contributed by atoms with Crippen LogP contribution in [0.2, 0.25) is 0 Å². The Morgan fingerprint density at radius 1 is 1.47 bits per heavy atom. The smallest absolute Gasteiger partial charge is 0.0459 e. The standard InChI is InChI=1S/C14H24O/c1-11(10-15)9-12(2)14(5)8-6-7-13(14,3)4/h6-7,11,15H,2,8-10H2,1,3-5H3. The van der Waals surface area contributed by atoms with Crippen molar-refractivity contribution in [3.8, 4) is 0 Å². The lowest BCUT2D eigenvalue weighted by atomic mass is 9.63. The largest absolute Gasteiger partial charge is 0.396 e. The highest BCUT2D eigenvalue weighted by molar-refractivity contribution is 5.25. The molecule has 2 unspecified atom stereocenters. The molecule has 0 aromatic heterocycles. The lowest BCUT2D eigenvalue weighted by molar-refractivity contribution is 0.187. The topological polar surface area (TPSA) is 20.2 Å². The van der Waals surface area contributed by atoms with Gasteiger partial charge in [-0.25, -0.2) is 0 Å². The van der Waals surface area contributed by atoms with Crippen LogP contribution in [0.4, 0.5) is 0 Å². The molecule has 1 rings (SSSR count). The maximum atomic E-state index is 9.08. The van der Waals surface area contributed by atoms with Crippen molar-refractivity contribution in [1.82, 2.24) is 0 Å². The molecule has 0 fully saturated rings. The average molecular weight is 208 g/mol. The number of aliphatic hydroxyl groups excluding tert-OH is 1. The fourth-order valence-corrected chi connectivity index (χ4v) is 2.35. The van der Waals surface area contributed by atoms with Crippen LogP contribution in [0, 0.1) is 16.7 Å². The van der Waals surface area contributed by atoms with E-state index in [0.29, 0.717) is 5.92 Å². The van der Waals surface area contributed by atoms with Crippen LogP contribution >= 0.6 is 0 Å². The lowest BCUT2D eigenvalue weighted by Crippen LogP contribution is -2.32. The van der Waals surface area contributed by atoms with Crippen LogP contribution in [0.5, 0.6) is 0 Å². The monoisotopic (exact) mass is 208 g/mol. The second-order valence-electron chi connectivity index (χ2n) is 5.76. The number of rotatable bonds is 4. The summed E-state index contributed by atoms with van der Waals surface area (Å²) in [5.41, 5.74) is 1.63. The molecule has 2 atom stereocenters. The van der Waals surface area contributed by atoms with Crippen LogP contribution in [-0.2, 0) is 0 Å². The van der Waals surface area contributed by atoms with E-state index in [2.05, 4.69) is 46.4 Å². The molecule has 0 aliphatic heterocycles. The van der Waals surface area contributed by atoms with E-state index in [4.69, 9.17) is 5.11 Å². The van der Waals surface area contributed by atoms with E-state index in [0.717, 1.165) is 12.8 Å². The summed E-state index contributed by atoms with van der Waals surface area (Å²) >= 11 is 0. The summed E-state index contributed by atoms with van der Waals surface area (Å²) in [6.07, 6.45) is 6.56. The Morgan fingerprint density at radius 3 is 2.47 bits per heavy atom. The second kappa shape index (κ2) is 4.13. The zero-order chi connectivity index (χ0) is 11.7. The molecule has 0 aromatic carbocycles. The van der Waals surface area contributed by atoms with E-state index in [1.165, 1.54) is 5.57 Å². The molecule has 15 heavy (non-hydrogen) atoms. The van der Waals surface area contributed by atoms with Gasteiger partial charge in [0.25, 0.3) is 0 Å². The Kier molecular flexibility index (Phi) is 3.44. The summed E-state index contributed by atoms with van der Waals surface area (Å²) in [6, 6.07) is 0. The molecule has 86 valence electrons. The molecule has 1 nitrogen and oxygen atoms in total. The molecule has 1 aliphatic rings. The van der Waals surface area contributed by atoms with Crippen LogP contribution in [0.15, 0.2) is 24.3 Å². The van der Waals surface area contributed by atoms with Crippen molar-refractivity contribution >= 4 is 0 Å². The van der Waals surface area contributed by atoms with E-state index in [9.17, 15) is 0 Å². The Labute approximate surface area is 93.9 Å². The van der Waals surface area contributed by atoms with Crippen molar-refractivity contribution in [2.75, 3.05) is 6.61 Å². The predicted octanol–water partition coefficient (Wildman–Crippen LogP) is 3.55. The van der Waals surface area contributed by atoms with Crippen molar-refractivity contribution in [3.05, 3.63) is 24.3 Å². The molecule has 0 amide bonds. The molecule has 0 bridgehead atoms. The third-order valence-corrected chi connectivity index (χ3v) is 4.17. The highest BCUT2D eigenvalue weighted by Crippen LogP contribution is 2.53. The summed E-state index contributed by atoms with van der Waals surface area (Å²) in [4.78, 5) is 0. The van der Waals surface area contributed by atoms with Crippen LogP contribution in [0.25, 0.3) is 0 Å². The first-order chi connectivity index (χ1) is 6.83. The van der Waals surface area contributed by atoms with Gasteiger partial charge in [-0.15, -0.1) is 0 Å². The molecular formula is C14H24O. The Balaban J connectivity index is 2.75. The molecule has 1 aliphatic carbocycles. The van der Waals surface area contributed by atoms with Crippen molar-refractivity contribution in [3.63, 3.8) is 0 Å². The van der Waals surface area contributed by atoms with Gasteiger partial charge in [-0.05, 0) is 24.2 Å². The van der Waals surface area contributed by atoms with Gasteiger partial charge in [-0.1, -0.05) is 52.0 Å². The Hall–Kier alpha value is -0.560. The number of hydrogen-bond donors (Lipinski definition) is 1. The van der Waals surface area contributed by atoms with E-state index in [1.54, 1.807) is 0 Å². The average Bonchev–Trinajstić information content (AvgIpc) is 2.42. The van der Waals surface area contributed by atoms with Gasteiger partial charge in [-0.3, -0.25) is 0 Å². The van der Waals surface area contributed by atoms with Crippen molar-refractivity contribution < 1.29 is 5.11 Å². The number of aliphatic hydroxyl groups is 1. The molecule has 0 saturated carbocycles. The Bertz CT molecular complexity index is 275. The minimum Gasteiger partial charge on any atom is -0.396 e. The lowest BCUT2D eigenvalue weighted by Gasteiger charge is -2.41. The minimum atomic E-state index is 0.163. The molecule has 0 spiro atoms. The Morgan fingerprint density at radius 2 is 2.07 bits per heavy atom. The van der Waals surface area contributed by atoms with Gasteiger partial charge >= 0.3 is 0 Å². The highest BCUT2D eigenvalue weighted by Gasteiger charge is 2.43. The summed E-state index contributed by atoms with van der Waals surface area (Å²) < 4.78 is 0. The second-order valence-corrected chi connectivity index (χ2v) is 5.76. The first-order valence-corrected chi connectivity index (χ1v) is 5.80. The van der Waals surface area contributed by atoms with Gasteiger partial charge in [0.1, 0.15) is 0 Å². The predicted molar refractivity (Wildman–Crippen MR) is 65.7 cm³/mol. The zero-order valence-electron chi connectivity index (χ0n) is 10.5. The fourth-order valence-electron chi connectivity index (χ4n) is 2.35. The molecular weight excluding hydrogens is 184 g/mol. The van der Waals surface area contributed by atoms with Gasteiger partial charge in [-0.2, -0.15) is 0 Å². The van der Waals surface area contributed by atoms with Gasteiger partial charge in [0.2, 0.25) is 0 Å². The first kappa shape index (κ1) is 12.5. The molecule has 0 saturated heterocycles. The van der Waals surface area contributed by atoms with E-state index < -0.39 is 0 Å². The summed E-state index contributed by atoms with van der Waals surface area (Å²) in [5.74, 6) is 0.325. The summed E-state index contributed by atoms with van der Waals surface area (Å²) in [5, 5.41) is 9.08. The van der Waals surface area contributed by atoms with Gasteiger partial charge < -0.3 is 5.11 Å².